The van der Waals surface area contributed by atoms with E-state index in [9.17, 15) is 10.2 Å². The zero-order valence-corrected chi connectivity index (χ0v) is 30.1. The van der Waals surface area contributed by atoms with Gasteiger partial charge in [0.1, 0.15) is 11.5 Å². The summed E-state index contributed by atoms with van der Waals surface area (Å²) in [6, 6.07) is 3.67. The van der Waals surface area contributed by atoms with Gasteiger partial charge in [-0.05, 0) is 48.9 Å². The van der Waals surface area contributed by atoms with E-state index in [0.717, 1.165) is 36.8 Å². The van der Waals surface area contributed by atoms with Crippen LogP contribution < -0.4 is 0 Å². The molecule has 0 bridgehead atoms. The van der Waals surface area contributed by atoms with Gasteiger partial charge in [0.2, 0.25) is 0 Å². The minimum atomic E-state index is 0.384. The summed E-state index contributed by atoms with van der Waals surface area (Å²) in [6.07, 6.45) is 45.7. The summed E-state index contributed by atoms with van der Waals surface area (Å²) in [6.45, 7) is 4.58. The molecule has 0 aliphatic heterocycles. The lowest BCUT2D eigenvalue weighted by Gasteiger charge is -2.10. The van der Waals surface area contributed by atoms with E-state index in [1.54, 1.807) is 0 Å². The molecular weight excluding hydrogens is 536 g/mol. The Morgan fingerprint density at radius 3 is 0.682 bits per heavy atom. The molecular formula is C42H78O2. The minimum absolute atomic E-state index is 0.384. The fourth-order valence-corrected chi connectivity index (χ4v) is 6.79. The third-order valence-electron chi connectivity index (χ3n) is 9.88. The second kappa shape index (κ2) is 31.8. The lowest BCUT2D eigenvalue weighted by atomic mass is 9.98. The highest BCUT2D eigenvalue weighted by atomic mass is 16.3. The van der Waals surface area contributed by atoms with Crippen molar-refractivity contribution in [2.45, 2.75) is 232 Å². The molecule has 0 heterocycles. The van der Waals surface area contributed by atoms with E-state index in [1.165, 1.54) is 193 Å². The number of rotatable bonds is 34. The van der Waals surface area contributed by atoms with Gasteiger partial charge in [0, 0.05) is 0 Å². The Morgan fingerprint density at radius 1 is 0.295 bits per heavy atom. The summed E-state index contributed by atoms with van der Waals surface area (Å²) in [5.41, 5.74) is 1.84. The van der Waals surface area contributed by atoms with Crippen LogP contribution in [0, 0.1) is 0 Å². The topological polar surface area (TPSA) is 40.5 Å². The predicted molar refractivity (Wildman–Crippen MR) is 196 cm³/mol. The van der Waals surface area contributed by atoms with Crippen molar-refractivity contribution in [2.24, 2.45) is 0 Å². The molecule has 0 aliphatic rings. The van der Waals surface area contributed by atoms with Crippen molar-refractivity contribution >= 4 is 0 Å². The van der Waals surface area contributed by atoms with Gasteiger partial charge in [0.05, 0.1) is 0 Å². The van der Waals surface area contributed by atoms with Gasteiger partial charge in [-0.3, -0.25) is 0 Å². The zero-order chi connectivity index (χ0) is 31.8. The van der Waals surface area contributed by atoms with E-state index in [1.807, 2.05) is 12.1 Å². The van der Waals surface area contributed by atoms with Gasteiger partial charge in [0.25, 0.3) is 0 Å². The highest BCUT2D eigenvalue weighted by Gasteiger charge is 2.09. The first-order chi connectivity index (χ1) is 21.7. The number of hydrogen-bond donors (Lipinski definition) is 2. The van der Waals surface area contributed by atoms with E-state index >= 15 is 0 Å². The van der Waals surface area contributed by atoms with Crippen LogP contribution in [0.15, 0.2) is 12.1 Å². The molecule has 2 N–H and O–H groups in total. The Bertz CT molecular complexity index is 665. The van der Waals surface area contributed by atoms with Gasteiger partial charge in [-0.2, -0.15) is 0 Å². The zero-order valence-electron chi connectivity index (χ0n) is 30.1. The van der Waals surface area contributed by atoms with Crippen molar-refractivity contribution in [1.82, 2.24) is 0 Å². The van der Waals surface area contributed by atoms with Gasteiger partial charge in [0.15, 0.2) is 0 Å². The van der Waals surface area contributed by atoms with Gasteiger partial charge >= 0.3 is 0 Å². The smallest absolute Gasteiger partial charge is 0.119 e. The lowest BCUT2D eigenvalue weighted by Crippen LogP contribution is -1.92. The summed E-state index contributed by atoms with van der Waals surface area (Å²) in [5.74, 6) is 0.769. The Kier molecular flexibility index (Phi) is 29.5. The first kappa shape index (κ1) is 40.8. The van der Waals surface area contributed by atoms with Crippen LogP contribution >= 0.6 is 0 Å². The van der Waals surface area contributed by atoms with E-state index < -0.39 is 0 Å². The molecule has 1 aromatic carbocycles. The SMILES string of the molecule is CCCCCCCCCCCCCCCCCCc1cc(O)c(CCCCCCCCCCCCCCCCCC)cc1O. The number of unbranched alkanes of at least 4 members (excludes halogenated alkanes) is 30. The Morgan fingerprint density at radius 2 is 0.477 bits per heavy atom. The quantitative estimate of drug-likeness (QED) is 0.0599. The fraction of sp³-hybridized carbons (Fsp3) is 0.857. The molecule has 0 aliphatic carbocycles. The maximum absolute atomic E-state index is 10.6. The van der Waals surface area contributed by atoms with Crippen LogP contribution in [0.3, 0.4) is 0 Å². The lowest BCUT2D eigenvalue weighted by molar-refractivity contribution is 0.445. The second-order valence-electron chi connectivity index (χ2n) is 14.2. The van der Waals surface area contributed by atoms with Crippen LogP contribution in [0.5, 0.6) is 11.5 Å². The van der Waals surface area contributed by atoms with Crippen LogP contribution in [0.25, 0.3) is 0 Å². The molecule has 1 aromatic rings. The molecule has 2 heteroatoms. The number of hydrogen-bond acceptors (Lipinski definition) is 2. The molecule has 0 fully saturated rings. The number of phenols is 2. The van der Waals surface area contributed by atoms with Crippen molar-refractivity contribution in [3.05, 3.63) is 23.3 Å². The van der Waals surface area contributed by atoms with Crippen molar-refractivity contribution in [3.8, 4) is 11.5 Å². The Balaban J connectivity index is 1.94. The molecule has 0 saturated carbocycles. The summed E-state index contributed by atoms with van der Waals surface area (Å²) in [7, 11) is 0. The molecule has 258 valence electrons. The minimum Gasteiger partial charge on any atom is -0.508 e. The maximum Gasteiger partial charge on any atom is 0.119 e. The molecule has 0 amide bonds. The fourth-order valence-electron chi connectivity index (χ4n) is 6.79. The van der Waals surface area contributed by atoms with Crippen LogP contribution in [0.2, 0.25) is 0 Å². The average Bonchev–Trinajstić information content (AvgIpc) is 3.02. The molecule has 0 saturated heterocycles. The number of phenolic OH excluding ortho intramolecular Hbond substituents is 2. The Hall–Kier alpha value is -1.18. The molecule has 2 nitrogen and oxygen atoms in total. The summed E-state index contributed by atoms with van der Waals surface area (Å²) >= 11 is 0. The van der Waals surface area contributed by atoms with E-state index in [-0.39, 0.29) is 0 Å². The van der Waals surface area contributed by atoms with Crippen molar-refractivity contribution in [2.75, 3.05) is 0 Å². The van der Waals surface area contributed by atoms with Gasteiger partial charge < -0.3 is 10.2 Å². The first-order valence-corrected chi connectivity index (χ1v) is 20.2. The normalized spacial score (nSPS) is 11.5. The monoisotopic (exact) mass is 615 g/mol. The van der Waals surface area contributed by atoms with Gasteiger partial charge in [-0.1, -0.05) is 206 Å². The largest absolute Gasteiger partial charge is 0.508 e. The molecule has 0 radical (unpaired) electrons. The summed E-state index contributed by atoms with van der Waals surface area (Å²) in [5, 5.41) is 21.1. The highest BCUT2D eigenvalue weighted by Crippen LogP contribution is 2.30. The summed E-state index contributed by atoms with van der Waals surface area (Å²) in [4.78, 5) is 0. The number of aryl methyl sites for hydroxylation is 2. The van der Waals surface area contributed by atoms with Crippen LogP contribution in [-0.2, 0) is 12.8 Å². The van der Waals surface area contributed by atoms with Crippen molar-refractivity contribution in [1.29, 1.82) is 0 Å². The molecule has 0 spiro atoms. The van der Waals surface area contributed by atoms with E-state index in [2.05, 4.69) is 13.8 Å². The third kappa shape index (κ3) is 25.1. The van der Waals surface area contributed by atoms with Crippen molar-refractivity contribution in [3.63, 3.8) is 0 Å². The van der Waals surface area contributed by atoms with Crippen LogP contribution in [-0.4, -0.2) is 10.2 Å². The molecule has 44 heavy (non-hydrogen) atoms. The van der Waals surface area contributed by atoms with Crippen LogP contribution in [0.4, 0.5) is 0 Å². The number of benzene rings is 1. The van der Waals surface area contributed by atoms with Gasteiger partial charge in [-0.15, -0.1) is 0 Å². The standard InChI is InChI=1S/C42H78O2/c1-3-5-7-9-11-13-15-17-19-21-23-25-27-29-31-33-35-39-37-42(44)40(38-41(39)43)36-34-32-30-28-26-24-22-20-18-16-14-12-10-8-6-4-2/h37-38,43-44H,3-36H2,1-2H3. The third-order valence-corrected chi connectivity index (χ3v) is 9.88. The average molecular weight is 615 g/mol. The maximum atomic E-state index is 10.6. The van der Waals surface area contributed by atoms with Crippen molar-refractivity contribution < 1.29 is 10.2 Å². The Labute approximate surface area is 276 Å². The van der Waals surface area contributed by atoms with E-state index in [4.69, 9.17) is 0 Å². The molecule has 0 unspecified atom stereocenters. The van der Waals surface area contributed by atoms with Gasteiger partial charge in [-0.25, -0.2) is 0 Å². The molecule has 0 aromatic heterocycles. The second-order valence-corrected chi connectivity index (χ2v) is 14.2. The number of aromatic hydroxyl groups is 2. The predicted octanol–water partition coefficient (Wildman–Crippen LogP) is 14.7. The van der Waals surface area contributed by atoms with Crippen LogP contribution in [0.1, 0.15) is 230 Å². The molecule has 0 atom stereocenters. The highest BCUT2D eigenvalue weighted by molar-refractivity contribution is 5.45. The van der Waals surface area contributed by atoms with E-state index in [0.29, 0.717) is 11.5 Å². The summed E-state index contributed by atoms with van der Waals surface area (Å²) < 4.78 is 0. The molecule has 1 rings (SSSR count). The first-order valence-electron chi connectivity index (χ1n) is 20.2.